The van der Waals surface area contributed by atoms with Gasteiger partial charge in [-0.15, -0.1) is 11.3 Å². The third-order valence-electron chi connectivity index (χ3n) is 5.09. The molecule has 194 valence electrons. The van der Waals surface area contributed by atoms with Crippen LogP contribution in [0.25, 0.3) is 11.3 Å². The van der Waals surface area contributed by atoms with Crippen LogP contribution >= 0.6 is 11.3 Å². The Morgan fingerprint density at radius 2 is 1.84 bits per heavy atom. The summed E-state index contributed by atoms with van der Waals surface area (Å²) in [4.78, 5) is 29.8. The van der Waals surface area contributed by atoms with Crippen LogP contribution in [0.1, 0.15) is 30.4 Å². The quantitative estimate of drug-likeness (QED) is 0.254. The fourth-order valence-corrected chi connectivity index (χ4v) is 4.39. The van der Waals surface area contributed by atoms with E-state index in [0.717, 1.165) is 11.1 Å². The number of hydrogen-bond acceptors (Lipinski definition) is 8. The Morgan fingerprint density at radius 1 is 1.11 bits per heavy atom. The number of nitriles is 1. The lowest BCUT2D eigenvalue weighted by Crippen LogP contribution is -2.44. The van der Waals surface area contributed by atoms with E-state index in [-0.39, 0.29) is 19.6 Å². The first-order valence-electron chi connectivity index (χ1n) is 11.2. The van der Waals surface area contributed by atoms with Gasteiger partial charge in [0.1, 0.15) is 12.6 Å². The number of aromatic nitrogens is 1. The molecule has 0 bridgehead atoms. The van der Waals surface area contributed by atoms with Crippen LogP contribution in [0.4, 0.5) is 9.93 Å². The summed E-state index contributed by atoms with van der Waals surface area (Å²) in [7, 11) is -3.80. The van der Waals surface area contributed by atoms with Gasteiger partial charge in [-0.3, -0.25) is 4.79 Å². The number of nitrogens with one attached hydrogen (secondary N) is 3. The van der Waals surface area contributed by atoms with Gasteiger partial charge >= 0.3 is 6.09 Å². The number of unbranched alkanes of at least 4 members (excludes halogenated alkanes) is 1. The fraction of sp³-hybridized carbons (Fsp3) is 0.250. The van der Waals surface area contributed by atoms with Crippen LogP contribution in [0, 0.1) is 11.3 Å². The lowest BCUT2D eigenvalue weighted by molar-refractivity contribution is -0.118. The number of nitrogens with two attached hydrogens (primary N) is 1. The average molecular weight is 543 g/mol. The highest BCUT2D eigenvalue weighted by Crippen LogP contribution is 2.25. The maximum absolute atomic E-state index is 13.0. The molecule has 0 unspecified atom stereocenters. The van der Waals surface area contributed by atoms with Gasteiger partial charge in [-0.1, -0.05) is 42.5 Å². The summed E-state index contributed by atoms with van der Waals surface area (Å²) < 4.78 is 29.5. The van der Waals surface area contributed by atoms with E-state index in [9.17, 15) is 18.0 Å². The molecule has 2 amide bonds. The minimum Gasteiger partial charge on any atom is -0.445 e. The molecule has 3 rings (SSSR count). The van der Waals surface area contributed by atoms with Crippen molar-refractivity contribution in [3.63, 3.8) is 0 Å². The Kier molecular flexibility index (Phi) is 10.1. The standard InChI is InChI=1S/C24H26N6O5S2/c25-14-17-9-11-19(12-10-17)21-16-36-23(28-21)30-22(31)20(8-4-5-13-27-37(26,33)34)29-24(32)35-15-18-6-2-1-3-7-18/h1-3,6-7,9-12,16,20,27H,4-5,8,13,15H2,(H,29,32)(H2,26,33,34)(H,28,30,31)/t20-/m0/s1. The van der Waals surface area contributed by atoms with Gasteiger partial charge in [-0.05, 0) is 37.0 Å². The Morgan fingerprint density at radius 3 is 2.51 bits per heavy atom. The maximum atomic E-state index is 13.0. The molecular weight excluding hydrogens is 516 g/mol. The molecule has 1 heterocycles. The Balaban J connectivity index is 1.61. The lowest BCUT2D eigenvalue weighted by Gasteiger charge is -2.17. The number of hydrogen-bond donors (Lipinski definition) is 4. The van der Waals surface area contributed by atoms with Crippen LogP contribution in [0.15, 0.2) is 60.0 Å². The van der Waals surface area contributed by atoms with Crippen molar-refractivity contribution in [3.8, 4) is 17.3 Å². The molecule has 0 aliphatic heterocycles. The van der Waals surface area contributed by atoms with Gasteiger partial charge in [0.25, 0.3) is 10.2 Å². The lowest BCUT2D eigenvalue weighted by atomic mass is 10.1. The topological polar surface area (TPSA) is 176 Å². The van der Waals surface area contributed by atoms with E-state index < -0.39 is 28.3 Å². The smallest absolute Gasteiger partial charge is 0.408 e. The third kappa shape index (κ3) is 9.62. The number of benzene rings is 2. The van der Waals surface area contributed by atoms with E-state index in [1.54, 1.807) is 29.6 Å². The Hall–Kier alpha value is -3.83. The molecular formula is C24H26N6O5S2. The molecule has 5 N–H and O–H groups in total. The van der Waals surface area contributed by atoms with Gasteiger partial charge in [-0.25, -0.2) is 19.6 Å². The van der Waals surface area contributed by atoms with E-state index in [4.69, 9.17) is 15.1 Å². The zero-order valence-corrected chi connectivity index (χ0v) is 21.3. The van der Waals surface area contributed by atoms with E-state index in [1.807, 2.05) is 30.3 Å². The summed E-state index contributed by atoms with van der Waals surface area (Å²) in [6, 6.07) is 17.1. The summed E-state index contributed by atoms with van der Waals surface area (Å²) in [6.45, 7) is 0.145. The van der Waals surface area contributed by atoms with Gasteiger partial charge < -0.3 is 15.4 Å². The summed E-state index contributed by atoms with van der Waals surface area (Å²) >= 11 is 1.22. The number of carbonyl (C=O) groups excluding carboxylic acids is 2. The predicted octanol–water partition coefficient (Wildman–Crippen LogP) is 2.88. The second-order valence-corrected chi connectivity index (χ2v) is 10.1. The number of carbonyl (C=O) groups is 2. The molecule has 37 heavy (non-hydrogen) atoms. The molecule has 0 fully saturated rings. The number of amides is 2. The summed E-state index contributed by atoms with van der Waals surface area (Å²) in [5.41, 5.74) is 2.74. The van der Waals surface area contributed by atoms with E-state index in [1.165, 1.54) is 11.3 Å². The number of ether oxygens (including phenoxy) is 1. The average Bonchev–Trinajstić information content (AvgIpc) is 3.35. The van der Waals surface area contributed by atoms with Crippen LogP contribution in [0.2, 0.25) is 0 Å². The second kappa shape index (κ2) is 13.5. The summed E-state index contributed by atoms with van der Waals surface area (Å²) in [5, 5.41) is 21.3. The molecule has 0 saturated heterocycles. The van der Waals surface area contributed by atoms with Gasteiger partial charge in [0.05, 0.1) is 17.3 Å². The molecule has 1 atom stereocenters. The minimum absolute atomic E-state index is 0.0414. The van der Waals surface area contributed by atoms with Crippen molar-refractivity contribution in [2.24, 2.45) is 5.14 Å². The first kappa shape index (κ1) is 27.8. The van der Waals surface area contributed by atoms with Gasteiger partial charge in [-0.2, -0.15) is 13.7 Å². The van der Waals surface area contributed by atoms with E-state index in [2.05, 4.69) is 26.4 Å². The number of nitrogens with zero attached hydrogens (tertiary/aromatic N) is 2. The van der Waals surface area contributed by atoms with Crippen molar-refractivity contribution >= 4 is 38.7 Å². The minimum atomic E-state index is -3.80. The Bertz CT molecular complexity index is 1340. The molecule has 0 aliphatic rings. The van der Waals surface area contributed by atoms with Gasteiger partial charge in [0, 0.05) is 17.5 Å². The molecule has 1 aromatic heterocycles. The van der Waals surface area contributed by atoms with Gasteiger partial charge in [0.2, 0.25) is 5.91 Å². The van der Waals surface area contributed by atoms with Crippen molar-refractivity contribution in [3.05, 3.63) is 71.1 Å². The SMILES string of the molecule is N#Cc1ccc(-c2csc(NC(=O)[C@H](CCCCNS(N)(=O)=O)NC(=O)OCc3ccccc3)n2)cc1. The first-order valence-corrected chi connectivity index (χ1v) is 13.7. The highest BCUT2D eigenvalue weighted by atomic mass is 32.2. The van der Waals surface area contributed by atoms with Crippen LogP contribution in [0.3, 0.4) is 0 Å². The fourth-order valence-electron chi connectivity index (χ4n) is 3.24. The predicted molar refractivity (Wildman–Crippen MR) is 139 cm³/mol. The van der Waals surface area contributed by atoms with Crippen LogP contribution in [-0.2, 0) is 26.3 Å². The zero-order chi connectivity index (χ0) is 26.7. The maximum Gasteiger partial charge on any atom is 0.408 e. The van der Waals surface area contributed by atoms with E-state index in [0.29, 0.717) is 29.2 Å². The van der Waals surface area contributed by atoms with Crippen LogP contribution < -0.4 is 20.5 Å². The molecule has 13 heteroatoms. The highest BCUT2D eigenvalue weighted by molar-refractivity contribution is 7.87. The highest BCUT2D eigenvalue weighted by Gasteiger charge is 2.22. The third-order valence-corrected chi connectivity index (χ3v) is 6.45. The first-order chi connectivity index (χ1) is 17.7. The number of rotatable bonds is 12. The van der Waals surface area contributed by atoms with Crippen LogP contribution in [0.5, 0.6) is 0 Å². The van der Waals surface area contributed by atoms with E-state index >= 15 is 0 Å². The molecule has 0 spiro atoms. The molecule has 2 aromatic carbocycles. The zero-order valence-electron chi connectivity index (χ0n) is 19.7. The molecule has 0 aliphatic carbocycles. The molecule has 11 nitrogen and oxygen atoms in total. The van der Waals surface area contributed by atoms with Crippen molar-refractivity contribution in [2.45, 2.75) is 31.9 Å². The van der Waals surface area contributed by atoms with Gasteiger partial charge in [0.15, 0.2) is 5.13 Å². The summed E-state index contributed by atoms with van der Waals surface area (Å²) in [5.74, 6) is -0.489. The largest absolute Gasteiger partial charge is 0.445 e. The normalized spacial score (nSPS) is 11.8. The molecule has 0 radical (unpaired) electrons. The molecule has 0 saturated carbocycles. The second-order valence-electron chi connectivity index (χ2n) is 7.91. The van der Waals surface area contributed by atoms with Crippen molar-refractivity contribution in [2.75, 3.05) is 11.9 Å². The number of anilines is 1. The van der Waals surface area contributed by atoms with Crippen LogP contribution in [-0.4, -0.2) is 38.0 Å². The monoisotopic (exact) mass is 542 g/mol. The van der Waals surface area contributed by atoms with Crippen molar-refractivity contribution < 1.29 is 22.7 Å². The van der Waals surface area contributed by atoms with Crippen molar-refractivity contribution in [1.82, 2.24) is 15.0 Å². The summed E-state index contributed by atoms with van der Waals surface area (Å²) in [6.07, 6.45) is 0.297. The Labute approximate surface area is 218 Å². The number of alkyl carbamates (subject to hydrolysis) is 1. The molecule has 3 aromatic rings. The van der Waals surface area contributed by atoms with Crippen molar-refractivity contribution in [1.29, 1.82) is 5.26 Å². The number of thiazole rings is 1.